The highest BCUT2D eigenvalue weighted by molar-refractivity contribution is 7.12. The van der Waals surface area contributed by atoms with Gasteiger partial charge in [-0.1, -0.05) is 6.07 Å². The van der Waals surface area contributed by atoms with Gasteiger partial charge in [0.15, 0.2) is 0 Å². The predicted molar refractivity (Wildman–Crippen MR) is 86.8 cm³/mol. The number of anilines is 1. The second kappa shape index (κ2) is 6.79. The fourth-order valence-electron chi connectivity index (χ4n) is 2.44. The van der Waals surface area contributed by atoms with Gasteiger partial charge in [0, 0.05) is 18.7 Å². The van der Waals surface area contributed by atoms with Crippen molar-refractivity contribution in [2.75, 3.05) is 11.4 Å². The van der Waals surface area contributed by atoms with Crippen LogP contribution in [0.1, 0.15) is 16.1 Å². The van der Waals surface area contributed by atoms with Crippen LogP contribution in [0.2, 0.25) is 0 Å². The first-order valence-electron chi connectivity index (χ1n) is 7.24. The van der Waals surface area contributed by atoms with E-state index in [0.29, 0.717) is 10.6 Å². The Labute approximate surface area is 141 Å². The van der Waals surface area contributed by atoms with Gasteiger partial charge in [0.2, 0.25) is 11.8 Å². The highest BCUT2D eigenvalue weighted by Gasteiger charge is 2.35. The quantitative estimate of drug-likeness (QED) is 0.830. The maximum Gasteiger partial charge on any atom is 0.279 e. The maximum absolute atomic E-state index is 13.0. The number of nitrogens with zero attached hydrogens (tertiary/aromatic N) is 1. The molecule has 3 rings (SSSR count). The molecule has 3 amide bonds. The predicted octanol–water partition coefficient (Wildman–Crippen LogP) is 1.70. The number of halogens is 1. The molecule has 1 aromatic carbocycles. The number of hydrogen-bond acceptors (Lipinski definition) is 4. The van der Waals surface area contributed by atoms with Gasteiger partial charge >= 0.3 is 0 Å². The van der Waals surface area contributed by atoms with Crippen molar-refractivity contribution in [1.29, 1.82) is 0 Å². The minimum Gasteiger partial charge on any atom is -0.312 e. The topological polar surface area (TPSA) is 78.5 Å². The summed E-state index contributed by atoms with van der Waals surface area (Å²) >= 11 is 1.26. The van der Waals surface area contributed by atoms with E-state index in [2.05, 4.69) is 10.9 Å². The molecular formula is C16H14FN3O3S. The van der Waals surface area contributed by atoms with Crippen LogP contribution in [0.15, 0.2) is 41.8 Å². The number of rotatable bonds is 3. The van der Waals surface area contributed by atoms with E-state index in [0.717, 1.165) is 0 Å². The number of amides is 3. The first kappa shape index (κ1) is 16.1. The summed E-state index contributed by atoms with van der Waals surface area (Å²) in [7, 11) is 0. The summed E-state index contributed by atoms with van der Waals surface area (Å²) in [6.07, 6.45) is 0.0398. The molecule has 2 N–H and O–H groups in total. The summed E-state index contributed by atoms with van der Waals surface area (Å²) in [5.41, 5.74) is 5.22. The lowest BCUT2D eigenvalue weighted by Crippen LogP contribution is -2.44. The average molecular weight is 347 g/mol. The highest BCUT2D eigenvalue weighted by atomic mass is 32.1. The lowest BCUT2D eigenvalue weighted by atomic mass is 10.1. The van der Waals surface area contributed by atoms with Gasteiger partial charge in [0.05, 0.1) is 10.8 Å². The lowest BCUT2D eigenvalue weighted by Gasteiger charge is -2.16. The van der Waals surface area contributed by atoms with Crippen molar-refractivity contribution >= 4 is 34.7 Å². The fraction of sp³-hybridized carbons (Fsp3) is 0.188. The summed E-state index contributed by atoms with van der Waals surface area (Å²) in [5.74, 6) is -2.02. The third-order valence-electron chi connectivity index (χ3n) is 3.68. The van der Waals surface area contributed by atoms with Gasteiger partial charge in [-0.05, 0) is 35.7 Å². The van der Waals surface area contributed by atoms with Gasteiger partial charge in [-0.3, -0.25) is 25.2 Å². The monoisotopic (exact) mass is 347 g/mol. The van der Waals surface area contributed by atoms with E-state index >= 15 is 0 Å². The molecule has 24 heavy (non-hydrogen) atoms. The van der Waals surface area contributed by atoms with E-state index < -0.39 is 23.5 Å². The molecule has 2 aromatic rings. The molecule has 0 radical (unpaired) electrons. The minimum absolute atomic E-state index is 0.0398. The van der Waals surface area contributed by atoms with Gasteiger partial charge in [0.1, 0.15) is 5.82 Å². The first-order valence-corrected chi connectivity index (χ1v) is 8.12. The Bertz CT molecular complexity index is 761. The van der Waals surface area contributed by atoms with Crippen LogP contribution in [0.4, 0.5) is 10.1 Å². The largest absolute Gasteiger partial charge is 0.312 e. The molecule has 0 aliphatic carbocycles. The first-order chi connectivity index (χ1) is 11.5. The average Bonchev–Trinajstić information content (AvgIpc) is 3.23. The molecule has 2 heterocycles. The van der Waals surface area contributed by atoms with E-state index in [1.807, 2.05) is 0 Å². The summed E-state index contributed by atoms with van der Waals surface area (Å²) < 4.78 is 13.0. The van der Waals surface area contributed by atoms with E-state index in [4.69, 9.17) is 0 Å². The summed E-state index contributed by atoms with van der Waals surface area (Å²) in [5, 5.41) is 1.76. The molecule has 124 valence electrons. The van der Waals surface area contributed by atoms with E-state index in [9.17, 15) is 18.8 Å². The zero-order chi connectivity index (χ0) is 17.1. The number of thiophene rings is 1. The number of carbonyl (C=O) groups excluding carboxylic acids is 3. The second-order valence-electron chi connectivity index (χ2n) is 5.30. The molecule has 1 fully saturated rings. The molecule has 6 nitrogen and oxygen atoms in total. The molecule has 1 saturated heterocycles. The van der Waals surface area contributed by atoms with Gasteiger partial charge in [0.25, 0.3) is 5.91 Å². The van der Waals surface area contributed by atoms with Crippen LogP contribution in [0.25, 0.3) is 0 Å². The Balaban J connectivity index is 1.58. The Hall–Kier alpha value is -2.74. The number of nitrogens with one attached hydrogen (secondary N) is 2. The van der Waals surface area contributed by atoms with Gasteiger partial charge < -0.3 is 4.90 Å². The zero-order valence-electron chi connectivity index (χ0n) is 12.5. The molecule has 0 spiro atoms. The van der Waals surface area contributed by atoms with Crippen molar-refractivity contribution in [3.63, 3.8) is 0 Å². The van der Waals surface area contributed by atoms with Crippen LogP contribution >= 0.6 is 11.3 Å². The van der Waals surface area contributed by atoms with Crippen molar-refractivity contribution in [3.8, 4) is 0 Å². The SMILES string of the molecule is O=C(NNC(=O)[C@@H]1CC(=O)N(c2ccc(F)cc2)C1)c1cccs1. The molecule has 0 bridgehead atoms. The van der Waals surface area contributed by atoms with E-state index in [-0.39, 0.29) is 18.9 Å². The minimum atomic E-state index is -0.578. The van der Waals surface area contributed by atoms with E-state index in [1.165, 1.54) is 40.5 Å². The second-order valence-corrected chi connectivity index (χ2v) is 6.25. The van der Waals surface area contributed by atoms with Crippen LogP contribution in [-0.4, -0.2) is 24.3 Å². The number of hydrogen-bond donors (Lipinski definition) is 2. The summed E-state index contributed by atoms with van der Waals surface area (Å²) in [6, 6.07) is 8.88. The molecule has 8 heteroatoms. The fourth-order valence-corrected chi connectivity index (χ4v) is 3.06. The molecule has 1 aliphatic heterocycles. The molecule has 1 aliphatic rings. The Morgan fingerprint density at radius 3 is 2.58 bits per heavy atom. The maximum atomic E-state index is 13.0. The molecule has 1 aromatic heterocycles. The molecule has 0 unspecified atom stereocenters. The van der Waals surface area contributed by atoms with Crippen molar-refractivity contribution < 1.29 is 18.8 Å². The summed E-state index contributed by atoms with van der Waals surface area (Å²) in [4.78, 5) is 37.9. The van der Waals surface area contributed by atoms with Crippen molar-refractivity contribution in [2.24, 2.45) is 5.92 Å². The third kappa shape index (κ3) is 3.43. The Kier molecular flexibility index (Phi) is 4.57. The molecule has 0 saturated carbocycles. The van der Waals surface area contributed by atoms with Crippen molar-refractivity contribution in [1.82, 2.24) is 10.9 Å². The normalized spacial score (nSPS) is 17.0. The van der Waals surface area contributed by atoms with Crippen molar-refractivity contribution in [3.05, 3.63) is 52.5 Å². The highest BCUT2D eigenvalue weighted by Crippen LogP contribution is 2.25. The van der Waals surface area contributed by atoms with Crippen LogP contribution in [0.5, 0.6) is 0 Å². The van der Waals surface area contributed by atoms with Gasteiger partial charge in [-0.25, -0.2) is 4.39 Å². The molecule has 1 atom stereocenters. The number of carbonyl (C=O) groups is 3. The Morgan fingerprint density at radius 2 is 1.92 bits per heavy atom. The van der Waals surface area contributed by atoms with Gasteiger partial charge in [-0.2, -0.15) is 0 Å². The zero-order valence-corrected chi connectivity index (χ0v) is 13.3. The summed E-state index contributed by atoms with van der Waals surface area (Å²) in [6.45, 7) is 0.186. The number of hydrazine groups is 1. The smallest absolute Gasteiger partial charge is 0.279 e. The van der Waals surface area contributed by atoms with Crippen LogP contribution in [0, 0.1) is 11.7 Å². The number of benzene rings is 1. The third-order valence-corrected chi connectivity index (χ3v) is 4.55. The van der Waals surface area contributed by atoms with Crippen LogP contribution < -0.4 is 15.8 Å². The van der Waals surface area contributed by atoms with Crippen molar-refractivity contribution in [2.45, 2.75) is 6.42 Å². The van der Waals surface area contributed by atoms with Gasteiger partial charge in [-0.15, -0.1) is 11.3 Å². The molecular weight excluding hydrogens is 333 g/mol. The lowest BCUT2D eigenvalue weighted by molar-refractivity contribution is -0.126. The Morgan fingerprint density at radius 1 is 1.17 bits per heavy atom. The standard InChI is InChI=1S/C16H14FN3O3S/c17-11-3-5-12(6-4-11)20-9-10(8-14(20)21)15(22)18-19-16(23)13-2-1-7-24-13/h1-7,10H,8-9H2,(H,18,22)(H,19,23)/t10-/m1/s1. The van der Waals surface area contributed by atoms with Crippen LogP contribution in [0.3, 0.4) is 0 Å². The van der Waals surface area contributed by atoms with E-state index in [1.54, 1.807) is 17.5 Å². The van der Waals surface area contributed by atoms with Crippen LogP contribution in [-0.2, 0) is 9.59 Å².